The van der Waals surface area contributed by atoms with Crippen LogP contribution >= 0.6 is 0 Å². The lowest BCUT2D eigenvalue weighted by atomic mass is 9.90. The van der Waals surface area contributed by atoms with Gasteiger partial charge in [0.15, 0.2) is 0 Å². The molecule has 0 N–H and O–H groups in total. The van der Waals surface area contributed by atoms with Gasteiger partial charge in [0.25, 0.3) is 0 Å². The Labute approximate surface area is 413 Å². The Morgan fingerprint density at radius 3 is 2.01 bits per heavy atom. The first-order valence-corrected chi connectivity index (χ1v) is 25.7. The Morgan fingerprint density at radius 2 is 1.19 bits per heavy atom. The number of rotatable bonds is 6. The molecule has 0 fully saturated rings. The summed E-state index contributed by atoms with van der Waals surface area (Å²) in [7, 11) is 0. The maximum Gasteiger partial charge on any atom is 0.137 e. The van der Waals surface area contributed by atoms with Crippen LogP contribution in [0.5, 0.6) is 5.75 Å². The molecule has 6 heteroatoms. The fourth-order valence-electron chi connectivity index (χ4n) is 13.7. The lowest BCUT2D eigenvalue weighted by Crippen LogP contribution is -2.36. The molecule has 1 aliphatic heterocycles. The average molecular weight is 927 g/mol. The fraction of sp³-hybridized carbons (Fsp3) is 0.121. The van der Waals surface area contributed by atoms with E-state index in [1.807, 2.05) is 6.07 Å². The van der Waals surface area contributed by atoms with E-state index in [1.165, 1.54) is 98.5 Å². The minimum Gasteiger partial charge on any atom is -0.485 e. The third kappa shape index (κ3) is 5.18. The zero-order chi connectivity index (χ0) is 46.8. The Morgan fingerprint density at radius 1 is 0.514 bits per heavy atom. The molecule has 342 valence electrons. The third-order valence-corrected chi connectivity index (χ3v) is 16.7. The van der Waals surface area contributed by atoms with Crippen molar-refractivity contribution >= 4 is 116 Å². The SMILES string of the molecule is C1=CCC(N(C2=CC3Oc4ccccc4C3C=C2)c2ccc3c4cc5c(cc4n4c6c(c2c34)=CCCC=6)c2ccc(N(c3ccc4c(c3)oc3ccccc34)C3C=CC=CC3)c3c4ccccc4n5c23)C=C1. The van der Waals surface area contributed by atoms with Gasteiger partial charge in [0, 0.05) is 88.0 Å². The predicted octanol–water partition coefficient (Wildman–Crippen LogP) is 14.8. The molecule has 4 unspecified atom stereocenters. The molecule has 6 nitrogen and oxygen atoms in total. The Bertz CT molecular complexity index is 4660. The van der Waals surface area contributed by atoms with Crippen molar-refractivity contribution in [3.05, 3.63) is 216 Å². The number of anilines is 3. The quantitative estimate of drug-likeness (QED) is 0.167. The Balaban J connectivity index is 0.894. The summed E-state index contributed by atoms with van der Waals surface area (Å²) in [6, 6.07) is 47.6. The summed E-state index contributed by atoms with van der Waals surface area (Å²) in [6.45, 7) is 0. The molecule has 0 saturated heterocycles. The van der Waals surface area contributed by atoms with Crippen LogP contribution in [0.3, 0.4) is 0 Å². The van der Waals surface area contributed by atoms with Crippen LogP contribution < -0.4 is 25.1 Å². The Hall–Kier alpha value is -8.74. The van der Waals surface area contributed by atoms with Crippen LogP contribution in [-0.4, -0.2) is 27.0 Å². The second kappa shape index (κ2) is 14.4. The van der Waals surface area contributed by atoms with E-state index in [9.17, 15) is 0 Å². The summed E-state index contributed by atoms with van der Waals surface area (Å²) < 4.78 is 18.3. The van der Waals surface area contributed by atoms with Crippen LogP contribution in [0.1, 0.15) is 37.2 Å². The molecule has 17 rings (SSSR count). The zero-order valence-electron chi connectivity index (χ0n) is 39.4. The topological polar surface area (TPSA) is 37.7 Å². The van der Waals surface area contributed by atoms with Crippen molar-refractivity contribution in [1.82, 2.24) is 8.80 Å². The van der Waals surface area contributed by atoms with Gasteiger partial charge in [-0.25, -0.2) is 0 Å². The molecule has 72 heavy (non-hydrogen) atoms. The first kappa shape index (κ1) is 39.0. The van der Waals surface area contributed by atoms with Gasteiger partial charge in [-0.3, -0.25) is 0 Å². The number of allylic oxidation sites excluding steroid dienone is 5. The summed E-state index contributed by atoms with van der Waals surface area (Å²) >= 11 is 0. The van der Waals surface area contributed by atoms with Gasteiger partial charge < -0.3 is 27.8 Å². The average Bonchev–Trinajstić information content (AvgIpc) is 4.29. The zero-order valence-corrected chi connectivity index (χ0v) is 39.4. The van der Waals surface area contributed by atoms with Gasteiger partial charge >= 0.3 is 0 Å². The number of nitrogens with zero attached hydrogens (tertiary/aromatic N) is 4. The molecule has 0 radical (unpaired) electrons. The maximum absolute atomic E-state index is 6.65. The van der Waals surface area contributed by atoms with E-state index in [0.717, 1.165) is 59.1 Å². The van der Waals surface area contributed by atoms with E-state index >= 15 is 0 Å². The van der Waals surface area contributed by atoms with E-state index in [-0.39, 0.29) is 24.1 Å². The van der Waals surface area contributed by atoms with E-state index in [4.69, 9.17) is 9.15 Å². The summed E-state index contributed by atoms with van der Waals surface area (Å²) in [5, 5.41) is 13.9. The predicted molar refractivity (Wildman–Crippen MR) is 298 cm³/mol. The molecule has 4 atom stereocenters. The minimum atomic E-state index is -0.0462. The number of aromatic nitrogens is 2. The lowest BCUT2D eigenvalue weighted by Gasteiger charge is -2.36. The number of hydrogen-bond acceptors (Lipinski definition) is 4. The largest absolute Gasteiger partial charge is 0.485 e. The van der Waals surface area contributed by atoms with Gasteiger partial charge in [-0.1, -0.05) is 134 Å². The summed E-state index contributed by atoms with van der Waals surface area (Å²) in [5.41, 5.74) is 14.1. The van der Waals surface area contributed by atoms with Gasteiger partial charge in [-0.2, -0.15) is 0 Å². The highest BCUT2D eigenvalue weighted by Crippen LogP contribution is 2.49. The highest BCUT2D eigenvalue weighted by molar-refractivity contribution is 6.30. The number of benzene rings is 7. The molecule has 0 saturated carbocycles. The number of ether oxygens (including phenoxy) is 1. The van der Waals surface area contributed by atoms with Gasteiger partial charge in [-0.15, -0.1) is 0 Å². The summed E-state index contributed by atoms with van der Waals surface area (Å²) in [5.74, 6) is 1.20. The molecule has 7 aromatic carbocycles. The number of para-hydroxylation sites is 3. The maximum atomic E-state index is 6.65. The number of hydrogen-bond donors (Lipinski definition) is 0. The van der Waals surface area contributed by atoms with E-state index in [0.29, 0.717) is 0 Å². The van der Waals surface area contributed by atoms with Crippen LogP contribution in [0.25, 0.3) is 99.4 Å². The van der Waals surface area contributed by atoms with Crippen molar-refractivity contribution in [2.24, 2.45) is 0 Å². The monoisotopic (exact) mass is 926 g/mol. The van der Waals surface area contributed by atoms with Gasteiger partial charge in [0.05, 0.1) is 51.0 Å². The number of furan rings is 1. The van der Waals surface area contributed by atoms with Crippen LogP contribution in [0, 0.1) is 0 Å². The van der Waals surface area contributed by atoms with Gasteiger partial charge in [0.1, 0.15) is 23.0 Å². The molecular formula is C66H46N4O2. The molecule has 5 aliphatic rings. The highest BCUT2D eigenvalue weighted by Gasteiger charge is 2.36. The van der Waals surface area contributed by atoms with Crippen molar-refractivity contribution in [2.75, 3.05) is 9.80 Å². The second-order valence-corrected chi connectivity index (χ2v) is 20.4. The highest BCUT2D eigenvalue weighted by atomic mass is 16.5. The van der Waals surface area contributed by atoms with Crippen molar-refractivity contribution in [2.45, 2.75) is 49.8 Å². The van der Waals surface area contributed by atoms with E-state index in [1.54, 1.807) is 0 Å². The van der Waals surface area contributed by atoms with E-state index in [2.05, 4.69) is 219 Å². The van der Waals surface area contributed by atoms with Crippen molar-refractivity contribution < 1.29 is 9.15 Å². The smallest absolute Gasteiger partial charge is 0.137 e. The number of fused-ring (bicyclic) bond motifs is 18. The molecular weight excluding hydrogens is 881 g/mol. The Kier molecular flexibility index (Phi) is 7.82. The standard InChI is InChI=1S/C66H46N4O2/c1-3-15-39(16-4-1)67(41-27-29-45-43-19-9-13-25-59(43)71-61(45)35-41)55-33-31-47-51-37-58-52(38-57(51)69-53-23-11-7-21-49(53)63(55)65(47)69)48-32-34-56(64-50-22-8-12-24-54(50)70(58)66(48)64)68(40-17-5-2-6-18-40)42-28-30-46-44-20-10-14-26-60(44)72-62(46)36-42/h1-7,9-11,13-15,17,19-40,46,62H,8,12,16,18H2. The molecule has 12 aromatic rings. The lowest BCUT2D eigenvalue weighted by molar-refractivity contribution is 0.267. The normalized spacial score (nSPS) is 20.1. The van der Waals surface area contributed by atoms with Crippen LogP contribution in [0.15, 0.2) is 204 Å². The molecule has 0 amide bonds. The molecule has 4 aliphatic carbocycles. The van der Waals surface area contributed by atoms with Crippen molar-refractivity contribution in [3.8, 4) is 5.75 Å². The molecule has 0 bridgehead atoms. The van der Waals surface area contributed by atoms with Gasteiger partial charge in [0.2, 0.25) is 0 Å². The van der Waals surface area contributed by atoms with Crippen LogP contribution in [-0.2, 0) is 0 Å². The summed E-state index contributed by atoms with van der Waals surface area (Å²) in [4.78, 5) is 5.15. The first-order valence-electron chi connectivity index (χ1n) is 25.7. The van der Waals surface area contributed by atoms with Gasteiger partial charge in [-0.05, 0) is 92.4 Å². The first-order chi connectivity index (χ1) is 35.7. The fourth-order valence-corrected chi connectivity index (χ4v) is 13.7. The summed E-state index contributed by atoms with van der Waals surface area (Å²) in [6.07, 6.45) is 34.0. The molecule has 6 heterocycles. The van der Waals surface area contributed by atoms with Crippen molar-refractivity contribution in [1.29, 1.82) is 0 Å². The molecule has 5 aromatic heterocycles. The van der Waals surface area contributed by atoms with E-state index < -0.39 is 0 Å². The van der Waals surface area contributed by atoms with Crippen LogP contribution in [0.2, 0.25) is 0 Å². The minimum absolute atomic E-state index is 0.0462. The van der Waals surface area contributed by atoms with Crippen molar-refractivity contribution in [3.63, 3.8) is 0 Å². The molecule has 0 spiro atoms. The second-order valence-electron chi connectivity index (χ2n) is 20.4. The third-order valence-electron chi connectivity index (χ3n) is 16.7. The van der Waals surface area contributed by atoms with Crippen LogP contribution in [0.4, 0.5) is 17.1 Å².